The van der Waals surface area contributed by atoms with Crippen LogP contribution in [-0.4, -0.2) is 43.3 Å². The summed E-state index contributed by atoms with van der Waals surface area (Å²) in [6.45, 7) is 4.03. The van der Waals surface area contributed by atoms with Crippen molar-refractivity contribution in [2.75, 3.05) is 26.4 Å². The van der Waals surface area contributed by atoms with E-state index in [1.807, 2.05) is 6.08 Å². The average Bonchev–Trinajstić information content (AvgIpc) is 3.16. The number of esters is 1. The highest BCUT2D eigenvalue weighted by atomic mass is 31.2. The number of phosphoric ester groups is 1. The fraction of sp³-hybridized carbons (Fsp3) is 0.667. The van der Waals surface area contributed by atoms with Crippen LogP contribution in [0.1, 0.15) is 162 Å². The number of hydrogen-bond acceptors (Lipinski definition) is 7. The van der Waals surface area contributed by atoms with Crippen LogP contribution in [0.2, 0.25) is 0 Å². The first-order valence-electron chi connectivity index (χ1n) is 21.1. The van der Waals surface area contributed by atoms with Gasteiger partial charge < -0.3 is 20.1 Å². The van der Waals surface area contributed by atoms with E-state index in [1.54, 1.807) is 6.26 Å². The van der Waals surface area contributed by atoms with Crippen LogP contribution < -0.4 is 5.73 Å². The van der Waals surface area contributed by atoms with Gasteiger partial charge in [0.2, 0.25) is 0 Å². The molecule has 0 aromatic heterocycles. The Balaban J connectivity index is 4.20. The van der Waals surface area contributed by atoms with Crippen LogP contribution in [0, 0.1) is 0 Å². The Bertz CT molecular complexity index is 1100. The molecule has 0 heterocycles. The lowest BCUT2D eigenvalue weighted by Crippen LogP contribution is -2.25. The first-order chi connectivity index (χ1) is 26.4. The zero-order valence-corrected chi connectivity index (χ0v) is 35.1. The Labute approximate surface area is 330 Å². The van der Waals surface area contributed by atoms with E-state index in [4.69, 9.17) is 24.3 Å². The molecule has 9 heteroatoms. The molecule has 0 aliphatic carbocycles. The topological polar surface area (TPSA) is 117 Å². The van der Waals surface area contributed by atoms with Crippen LogP contribution in [-0.2, 0) is 27.9 Å². The summed E-state index contributed by atoms with van der Waals surface area (Å²) >= 11 is 0. The van der Waals surface area contributed by atoms with E-state index < -0.39 is 13.9 Å². The zero-order valence-electron chi connectivity index (χ0n) is 34.2. The Hall–Kier alpha value is -2.48. The van der Waals surface area contributed by atoms with Gasteiger partial charge in [-0.2, -0.15) is 0 Å². The van der Waals surface area contributed by atoms with Crippen LogP contribution in [0.15, 0.2) is 85.3 Å². The van der Waals surface area contributed by atoms with Gasteiger partial charge in [0.05, 0.1) is 19.5 Å². The molecule has 0 rings (SSSR count). The number of rotatable bonds is 39. The van der Waals surface area contributed by atoms with Gasteiger partial charge in [0.15, 0.2) is 6.10 Å². The molecule has 8 nitrogen and oxygen atoms in total. The zero-order chi connectivity index (χ0) is 39.5. The van der Waals surface area contributed by atoms with Crippen molar-refractivity contribution < 1.29 is 32.8 Å². The lowest BCUT2D eigenvalue weighted by Gasteiger charge is -2.19. The van der Waals surface area contributed by atoms with Crippen molar-refractivity contribution in [3.8, 4) is 0 Å². The van der Waals surface area contributed by atoms with E-state index in [0.29, 0.717) is 6.42 Å². The molecule has 0 saturated heterocycles. The number of hydrogen-bond donors (Lipinski definition) is 2. The maximum absolute atomic E-state index is 12.4. The maximum atomic E-state index is 12.4. The molecule has 0 radical (unpaired) electrons. The molecule has 3 N–H and O–H groups in total. The minimum atomic E-state index is -4.28. The molecular formula is C45H78NO7P. The first-order valence-corrected chi connectivity index (χ1v) is 22.6. The van der Waals surface area contributed by atoms with Crippen LogP contribution in [0.3, 0.4) is 0 Å². The van der Waals surface area contributed by atoms with E-state index in [1.165, 1.54) is 57.8 Å². The predicted octanol–water partition coefficient (Wildman–Crippen LogP) is 12.9. The van der Waals surface area contributed by atoms with Crippen molar-refractivity contribution in [3.63, 3.8) is 0 Å². The van der Waals surface area contributed by atoms with Gasteiger partial charge in [-0.1, -0.05) is 138 Å². The molecule has 0 saturated carbocycles. The molecule has 310 valence electrons. The van der Waals surface area contributed by atoms with E-state index in [0.717, 1.165) is 83.5 Å². The fourth-order valence-corrected chi connectivity index (χ4v) is 6.00. The minimum Gasteiger partial charge on any atom is -0.492 e. The predicted molar refractivity (Wildman–Crippen MR) is 228 cm³/mol. The molecule has 0 aliphatic rings. The molecule has 0 fully saturated rings. The summed E-state index contributed by atoms with van der Waals surface area (Å²) in [5, 5.41) is 0. The summed E-state index contributed by atoms with van der Waals surface area (Å²) in [7, 11) is -4.28. The summed E-state index contributed by atoms with van der Waals surface area (Å²) in [6.07, 6.45) is 54.1. The summed E-state index contributed by atoms with van der Waals surface area (Å²) < 4.78 is 33.1. The summed E-state index contributed by atoms with van der Waals surface area (Å²) in [4.78, 5) is 22.3. The first kappa shape index (κ1) is 51.5. The van der Waals surface area contributed by atoms with Crippen molar-refractivity contribution >= 4 is 13.8 Å². The van der Waals surface area contributed by atoms with Gasteiger partial charge in [-0.05, 0) is 96.0 Å². The second kappa shape index (κ2) is 41.7. The number of carbonyl (C=O) groups excluding carboxylic acids is 1. The van der Waals surface area contributed by atoms with Gasteiger partial charge in [-0.15, -0.1) is 0 Å². The van der Waals surface area contributed by atoms with Gasteiger partial charge in [-0.3, -0.25) is 13.8 Å². The standard InChI is InChI=1S/C45H78NO7P/c1-3-5-7-9-11-13-15-17-19-21-22-23-24-26-28-30-32-34-36-38-45(47)51-42-44(43-53-54(48,49)52-41-39-46)50-40-37-35-33-31-29-27-25-20-18-16-14-12-10-8-6-4-2/h5,7,11,13,17-20,22-23,26,28,37,40,44H,3-4,6,8-10,12,14-16,21,24-25,27,29-36,38-39,41-43,46H2,1-2H3,(H,48,49). The molecule has 0 amide bonds. The van der Waals surface area contributed by atoms with Crippen molar-refractivity contribution in [2.24, 2.45) is 5.73 Å². The Morgan fingerprint density at radius 2 is 1.06 bits per heavy atom. The third-order valence-electron chi connectivity index (χ3n) is 8.39. The Kier molecular flexibility index (Phi) is 39.8. The second-order valence-corrected chi connectivity index (χ2v) is 15.0. The number of unbranched alkanes of at least 4 members (excludes halogenated alkanes) is 14. The molecule has 54 heavy (non-hydrogen) atoms. The largest absolute Gasteiger partial charge is 0.492 e. The number of nitrogens with two attached hydrogens (primary N) is 1. The van der Waals surface area contributed by atoms with E-state index in [2.05, 4.69) is 86.8 Å². The van der Waals surface area contributed by atoms with Gasteiger partial charge in [0.25, 0.3) is 0 Å². The molecule has 0 aromatic rings. The Morgan fingerprint density at radius 3 is 1.59 bits per heavy atom. The summed E-state index contributed by atoms with van der Waals surface area (Å²) in [6, 6.07) is 0. The highest BCUT2D eigenvalue weighted by Gasteiger charge is 2.24. The highest BCUT2D eigenvalue weighted by Crippen LogP contribution is 2.43. The van der Waals surface area contributed by atoms with Crippen molar-refractivity contribution in [1.82, 2.24) is 0 Å². The normalized spacial score (nSPS) is 14.3. The lowest BCUT2D eigenvalue weighted by atomic mass is 10.1. The van der Waals surface area contributed by atoms with Crippen LogP contribution in [0.5, 0.6) is 0 Å². The van der Waals surface area contributed by atoms with E-state index in [9.17, 15) is 14.3 Å². The number of ether oxygens (including phenoxy) is 2. The number of phosphoric acid groups is 1. The third kappa shape index (κ3) is 40.7. The molecule has 0 spiro atoms. The van der Waals surface area contributed by atoms with Crippen molar-refractivity contribution in [2.45, 2.75) is 168 Å². The number of carbonyl (C=O) groups is 1. The van der Waals surface area contributed by atoms with Crippen LogP contribution >= 0.6 is 7.82 Å². The molecular weight excluding hydrogens is 697 g/mol. The maximum Gasteiger partial charge on any atom is 0.472 e. The summed E-state index contributed by atoms with van der Waals surface area (Å²) in [5.41, 5.74) is 5.36. The van der Waals surface area contributed by atoms with E-state index in [-0.39, 0.29) is 32.3 Å². The molecule has 0 aromatic carbocycles. The average molecular weight is 776 g/mol. The number of allylic oxidation sites excluding steroid dienone is 13. The van der Waals surface area contributed by atoms with Crippen molar-refractivity contribution in [3.05, 3.63) is 85.3 Å². The monoisotopic (exact) mass is 776 g/mol. The quantitative estimate of drug-likeness (QED) is 0.0208. The van der Waals surface area contributed by atoms with Gasteiger partial charge in [-0.25, -0.2) is 4.57 Å². The van der Waals surface area contributed by atoms with Crippen LogP contribution in [0.25, 0.3) is 0 Å². The molecule has 2 atom stereocenters. The van der Waals surface area contributed by atoms with Crippen molar-refractivity contribution in [1.29, 1.82) is 0 Å². The second-order valence-electron chi connectivity index (χ2n) is 13.5. The molecule has 2 unspecified atom stereocenters. The third-order valence-corrected chi connectivity index (χ3v) is 9.37. The fourth-order valence-electron chi connectivity index (χ4n) is 5.24. The SMILES string of the molecule is CCC=CCC=CCC=CCC=CCC=CCCCCCC(=O)OCC(COP(=O)(O)OCCN)OC=CCCCCCCC=CCCCCCCCC. The molecule has 0 bridgehead atoms. The van der Waals surface area contributed by atoms with E-state index >= 15 is 0 Å². The van der Waals surface area contributed by atoms with Gasteiger partial charge in [0.1, 0.15) is 6.61 Å². The highest BCUT2D eigenvalue weighted by molar-refractivity contribution is 7.47. The minimum absolute atomic E-state index is 0.0897. The Morgan fingerprint density at radius 1 is 0.593 bits per heavy atom. The molecule has 0 aliphatic heterocycles. The van der Waals surface area contributed by atoms with Gasteiger partial charge in [0, 0.05) is 13.0 Å². The van der Waals surface area contributed by atoms with Crippen LogP contribution in [0.4, 0.5) is 0 Å². The summed E-state index contributed by atoms with van der Waals surface area (Å²) in [5.74, 6) is -0.328. The van der Waals surface area contributed by atoms with Gasteiger partial charge >= 0.3 is 13.8 Å². The smallest absolute Gasteiger partial charge is 0.472 e. The lowest BCUT2D eigenvalue weighted by molar-refractivity contribution is -0.147.